The highest BCUT2D eigenvalue weighted by Crippen LogP contribution is 2.09. The second-order valence-electron chi connectivity index (χ2n) is 5.69. The Balaban J connectivity index is 0.00000312. The van der Waals surface area contributed by atoms with Crippen LogP contribution >= 0.6 is 24.0 Å². The molecule has 6 nitrogen and oxygen atoms in total. The Bertz CT molecular complexity index is 525. The molecule has 0 bridgehead atoms. The summed E-state index contributed by atoms with van der Waals surface area (Å²) in [6.45, 7) is 6.54. The number of ether oxygens (including phenoxy) is 1. The minimum absolute atomic E-state index is 0. The van der Waals surface area contributed by atoms with Crippen LogP contribution in [0.15, 0.2) is 35.3 Å². The number of carbonyl (C=O) groups is 1. The number of hydrogen-bond acceptors (Lipinski definition) is 3. The number of nitrogens with zero attached hydrogens (tertiary/aromatic N) is 2. The number of halogens is 1. The van der Waals surface area contributed by atoms with Gasteiger partial charge in [-0.25, -0.2) is 0 Å². The van der Waals surface area contributed by atoms with E-state index in [4.69, 9.17) is 4.74 Å². The van der Waals surface area contributed by atoms with Crippen molar-refractivity contribution in [2.45, 2.75) is 26.2 Å². The van der Waals surface area contributed by atoms with Gasteiger partial charge in [0.15, 0.2) is 5.96 Å². The lowest BCUT2D eigenvalue weighted by atomic mass is 10.3. The Morgan fingerprint density at radius 3 is 2.76 bits per heavy atom. The van der Waals surface area contributed by atoms with E-state index in [1.807, 2.05) is 42.2 Å². The van der Waals surface area contributed by atoms with Crippen LogP contribution in [0.5, 0.6) is 5.75 Å². The van der Waals surface area contributed by atoms with Crippen molar-refractivity contribution in [2.24, 2.45) is 4.99 Å². The van der Waals surface area contributed by atoms with Gasteiger partial charge in [-0.3, -0.25) is 9.79 Å². The number of carbonyl (C=O) groups excluding carboxylic acids is 1. The summed E-state index contributed by atoms with van der Waals surface area (Å²) >= 11 is 0. The van der Waals surface area contributed by atoms with Crippen molar-refractivity contribution in [1.29, 1.82) is 0 Å². The van der Waals surface area contributed by atoms with E-state index in [-0.39, 0.29) is 29.9 Å². The summed E-state index contributed by atoms with van der Waals surface area (Å²) in [6.07, 6.45) is 2.59. The van der Waals surface area contributed by atoms with E-state index in [0.717, 1.165) is 44.2 Å². The predicted molar refractivity (Wildman–Crippen MR) is 112 cm³/mol. The van der Waals surface area contributed by atoms with Crippen molar-refractivity contribution in [3.05, 3.63) is 30.3 Å². The molecule has 1 aliphatic heterocycles. The van der Waals surface area contributed by atoms with Crippen molar-refractivity contribution in [3.8, 4) is 5.75 Å². The Labute approximate surface area is 167 Å². The summed E-state index contributed by atoms with van der Waals surface area (Å²) in [5, 5.41) is 6.48. The molecule has 0 aliphatic carbocycles. The van der Waals surface area contributed by atoms with Crippen molar-refractivity contribution in [3.63, 3.8) is 0 Å². The maximum Gasteiger partial charge on any atom is 0.222 e. The molecule has 0 radical (unpaired) electrons. The fourth-order valence-corrected chi connectivity index (χ4v) is 2.59. The standard InChI is InChI=1S/C18H28N4O2.HI/c1-2-19-18(20-11-7-14-22-13-6-10-17(22)23)21-12-15-24-16-8-4-3-5-9-16;/h3-5,8-9H,2,6-7,10-15H2,1H3,(H2,19,20,21);1H. The lowest BCUT2D eigenvalue weighted by Gasteiger charge is -2.15. The SMILES string of the molecule is CCNC(=NCCCN1CCCC1=O)NCCOc1ccccc1.I. The van der Waals surface area contributed by atoms with Gasteiger partial charge in [-0.15, -0.1) is 24.0 Å². The van der Waals surface area contributed by atoms with Gasteiger partial charge in [0.05, 0.1) is 6.54 Å². The molecule has 1 aromatic carbocycles. The Hall–Kier alpha value is -1.51. The van der Waals surface area contributed by atoms with Crippen LogP contribution < -0.4 is 15.4 Å². The number of hydrogen-bond donors (Lipinski definition) is 2. The summed E-state index contributed by atoms with van der Waals surface area (Å²) in [5.41, 5.74) is 0. The first-order valence-electron chi connectivity index (χ1n) is 8.77. The number of amides is 1. The summed E-state index contributed by atoms with van der Waals surface area (Å²) in [5.74, 6) is 1.94. The molecule has 0 atom stereocenters. The summed E-state index contributed by atoms with van der Waals surface area (Å²) in [6, 6.07) is 9.77. The second-order valence-corrected chi connectivity index (χ2v) is 5.69. The van der Waals surface area contributed by atoms with E-state index in [9.17, 15) is 4.79 Å². The van der Waals surface area contributed by atoms with E-state index < -0.39 is 0 Å². The number of aliphatic imine (C=N–C) groups is 1. The highest BCUT2D eigenvalue weighted by Gasteiger charge is 2.18. The zero-order valence-electron chi connectivity index (χ0n) is 14.9. The van der Waals surface area contributed by atoms with E-state index >= 15 is 0 Å². The predicted octanol–water partition coefficient (Wildman–Crippen LogP) is 2.25. The molecule has 2 rings (SSSR count). The molecule has 0 aromatic heterocycles. The minimum atomic E-state index is 0. The number of benzene rings is 1. The monoisotopic (exact) mass is 460 g/mol. The van der Waals surface area contributed by atoms with Crippen LogP contribution in [0.4, 0.5) is 0 Å². The van der Waals surface area contributed by atoms with Gasteiger partial charge in [0, 0.05) is 32.6 Å². The summed E-state index contributed by atoms with van der Waals surface area (Å²) in [7, 11) is 0. The lowest BCUT2D eigenvalue weighted by molar-refractivity contribution is -0.127. The van der Waals surface area contributed by atoms with E-state index in [1.54, 1.807) is 0 Å². The van der Waals surface area contributed by atoms with Crippen LogP contribution in [-0.2, 0) is 4.79 Å². The number of likely N-dealkylation sites (tertiary alicyclic amines) is 1. The fraction of sp³-hybridized carbons (Fsp3) is 0.556. The van der Waals surface area contributed by atoms with Crippen LogP contribution in [0.1, 0.15) is 26.2 Å². The maximum atomic E-state index is 11.5. The quantitative estimate of drug-likeness (QED) is 0.257. The highest BCUT2D eigenvalue weighted by atomic mass is 127. The zero-order chi connectivity index (χ0) is 17.0. The van der Waals surface area contributed by atoms with Gasteiger partial charge in [-0.2, -0.15) is 0 Å². The average molecular weight is 460 g/mol. The highest BCUT2D eigenvalue weighted by molar-refractivity contribution is 14.0. The van der Waals surface area contributed by atoms with Gasteiger partial charge < -0.3 is 20.3 Å². The van der Waals surface area contributed by atoms with Gasteiger partial charge in [-0.05, 0) is 31.9 Å². The molecule has 0 spiro atoms. The normalized spacial score (nSPS) is 14.2. The third-order valence-electron chi connectivity index (χ3n) is 3.78. The van der Waals surface area contributed by atoms with E-state index in [1.165, 1.54) is 0 Å². The zero-order valence-corrected chi connectivity index (χ0v) is 17.2. The number of para-hydroxylation sites is 1. The van der Waals surface area contributed by atoms with E-state index in [0.29, 0.717) is 26.1 Å². The molecule has 140 valence electrons. The van der Waals surface area contributed by atoms with Crippen molar-refractivity contribution >= 4 is 35.8 Å². The fourth-order valence-electron chi connectivity index (χ4n) is 2.59. The molecule has 1 aliphatic rings. The molecule has 1 aromatic rings. The number of nitrogens with one attached hydrogen (secondary N) is 2. The van der Waals surface area contributed by atoms with Crippen molar-refractivity contribution < 1.29 is 9.53 Å². The van der Waals surface area contributed by atoms with Crippen molar-refractivity contribution in [1.82, 2.24) is 15.5 Å². The smallest absolute Gasteiger partial charge is 0.222 e. The molecule has 25 heavy (non-hydrogen) atoms. The minimum Gasteiger partial charge on any atom is -0.492 e. The van der Waals surface area contributed by atoms with Gasteiger partial charge in [0.1, 0.15) is 12.4 Å². The largest absolute Gasteiger partial charge is 0.492 e. The van der Waals surface area contributed by atoms with Gasteiger partial charge in [0.25, 0.3) is 0 Å². The molecule has 1 saturated heterocycles. The molecule has 1 fully saturated rings. The van der Waals surface area contributed by atoms with Crippen LogP contribution in [0.3, 0.4) is 0 Å². The third-order valence-corrected chi connectivity index (χ3v) is 3.78. The average Bonchev–Trinajstić information content (AvgIpc) is 3.01. The lowest BCUT2D eigenvalue weighted by Crippen LogP contribution is -2.39. The van der Waals surface area contributed by atoms with Crippen molar-refractivity contribution in [2.75, 3.05) is 39.3 Å². The molecule has 7 heteroatoms. The molecule has 1 amide bonds. The van der Waals surface area contributed by atoms with Crippen LogP contribution in [-0.4, -0.2) is 56.1 Å². The van der Waals surface area contributed by atoms with Gasteiger partial charge in [-0.1, -0.05) is 18.2 Å². The van der Waals surface area contributed by atoms with Gasteiger partial charge >= 0.3 is 0 Å². The first-order chi connectivity index (χ1) is 11.8. The van der Waals surface area contributed by atoms with Crippen LogP contribution in [0.25, 0.3) is 0 Å². The first-order valence-corrected chi connectivity index (χ1v) is 8.77. The first kappa shape index (κ1) is 21.5. The number of guanidine groups is 1. The molecule has 0 unspecified atom stereocenters. The Kier molecular flexibility index (Phi) is 11.0. The molecule has 2 N–H and O–H groups in total. The second kappa shape index (κ2) is 12.8. The Morgan fingerprint density at radius 1 is 1.28 bits per heavy atom. The number of rotatable bonds is 9. The molecular formula is C18H29IN4O2. The van der Waals surface area contributed by atoms with E-state index in [2.05, 4.69) is 15.6 Å². The molecule has 1 heterocycles. The van der Waals surface area contributed by atoms with Gasteiger partial charge in [0.2, 0.25) is 5.91 Å². The maximum absolute atomic E-state index is 11.5. The Morgan fingerprint density at radius 2 is 2.08 bits per heavy atom. The summed E-state index contributed by atoms with van der Waals surface area (Å²) < 4.78 is 5.65. The molecule has 0 saturated carbocycles. The topological polar surface area (TPSA) is 66.0 Å². The summed E-state index contributed by atoms with van der Waals surface area (Å²) in [4.78, 5) is 18.0. The van der Waals surface area contributed by atoms with Crippen LogP contribution in [0, 0.1) is 0 Å². The van der Waals surface area contributed by atoms with Crippen LogP contribution in [0.2, 0.25) is 0 Å². The third kappa shape index (κ3) is 8.42. The molecular weight excluding hydrogens is 431 g/mol.